The molecule has 1 amide bonds. The van der Waals surface area contributed by atoms with Crippen LogP contribution in [0.25, 0.3) is 11.6 Å². The summed E-state index contributed by atoms with van der Waals surface area (Å²) in [5.74, 6) is 0.541. The first-order chi connectivity index (χ1) is 12.0. The summed E-state index contributed by atoms with van der Waals surface area (Å²) in [6.07, 6.45) is 1.34. The molecule has 0 saturated carbocycles. The highest BCUT2D eigenvalue weighted by molar-refractivity contribution is 6.36. The summed E-state index contributed by atoms with van der Waals surface area (Å²) in [5.41, 5.74) is 0.312. The van der Waals surface area contributed by atoms with Gasteiger partial charge in [-0.1, -0.05) is 42.2 Å². The lowest BCUT2D eigenvalue weighted by atomic mass is 10.0. The van der Waals surface area contributed by atoms with Crippen molar-refractivity contribution in [1.82, 2.24) is 30.6 Å². The molecule has 0 spiro atoms. The molecule has 25 heavy (non-hydrogen) atoms. The largest absolute Gasteiger partial charge is 0.340 e. The third-order valence-electron chi connectivity index (χ3n) is 3.46. The van der Waals surface area contributed by atoms with Gasteiger partial charge in [0, 0.05) is 5.02 Å². The Balaban J connectivity index is 1.83. The Labute approximate surface area is 152 Å². The molecule has 1 atom stereocenters. The molecule has 0 saturated heterocycles. The van der Waals surface area contributed by atoms with Crippen molar-refractivity contribution in [3.63, 3.8) is 0 Å². The summed E-state index contributed by atoms with van der Waals surface area (Å²) in [5, 5.41) is 13.8. The molecule has 1 aromatic carbocycles. The van der Waals surface area contributed by atoms with Crippen LogP contribution >= 0.6 is 23.2 Å². The summed E-state index contributed by atoms with van der Waals surface area (Å²) in [7, 11) is 0. The molecule has 8 nitrogen and oxygen atoms in total. The van der Waals surface area contributed by atoms with E-state index < -0.39 is 6.04 Å². The number of carbonyl (C=O) groups excluding carboxylic acids is 1. The first kappa shape index (κ1) is 17.4. The second-order valence-electron chi connectivity index (χ2n) is 5.61. The SMILES string of the molecule is CC(C)C(NC(=O)c1ccc(Cl)cc1Cl)c1nc(-c2ncn[nH]2)no1. The topological polar surface area (TPSA) is 110 Å². The van der Waals surface area contributed by atoms with Crippen LogP contribution in [0.2, 0.25) is 10.0 Å². The van der Waals surface area contributed by atoms with Gasteiger partial charge in [0.05, 0.1) is 10.6 Å². The molecule has 0 bridgehead atoms. The summed E-state index contributed by atoms with van der Waals surface area (Å²) in [6.45, 7) is 3.85. The van der Waals surface area contributed by atoms with Crippen molar-refractivity contribution in [2.75, 3.05) is 0 Å². The minimum absolute atomic E-state index is 0.00180. The molecule has 1 unspecified atom stereocenters. The number of hydrogen-bond acceptors (Lipinski definition) is 6. The Morgan fingerprint density at radius 2 is 2.12 bits per heavy atom. The Kier molecular flexibility index (Phi) is 5.00. The van der Waals surface area contributed by atoms with Crippen LogP contribution in [0, 0.1) is 5.92 Å². The van der Waals surface area contributed by atoms with Gasteiger partial charge in [-0.15, -0.1) is 0 Å². The van der Waals surface area contributed by atoms with Crippen LogP contribution in [0.5, 0.6) is 0 Å². The van der Waals surface area contributed by atoms with E-state index >= 15 is 0 Å². The Hall–Kier alpha value is -2.45. The summed E-state index contributed by atoms with van der Waals surface area (Å²) >= 11 is 12.0. The molecule has 0 aliphatic heterocycles. The molecule has 130 valence electrons. The molecule has 0 aliphatic rings. The lowest BCUT2D eigenvalue weighted by Gasteiger charge is -2.18. The quantitative estimate of drug-likeness (QED) is 0.702. The zero-order chi connectivity index (χ0) is 18.0. The monoisotopic (exact) mass is 380 g/mol. The number of nitrogens with zero attached hydrogens (tertiary/aromatic N) is 4. The van der Waals surface area contributed by atoms with Crippen molar-refractivity contribution in [3.8, 4) is 11.6 Å². The number of rotatable bonds is 5. The Morgan fingerprint density at radius 3 is 2.76 bits per heavy atom. The van der Waals surface area contributed by atoms with Gasteiger partial charge in [-0.3, -0.25) is 9.89 Å². The minimum atomic E-state index is -0.497. The fourth-order valence-electron chi connectivity index (χ4n) is 2.18. The van der Waals surface area contributed by atoms with Crippen LogP contribution in [0.4, 0.5) is 0 Å². The predicted molar refractivity (Wildman–Crippen MR) is 91.2 cm³/mol. The van der Waals surface area contributed by atoms with Crippen molar-refractivity contribution in [2.45, 2.75) is 19.9 Å². The smallest absolute Gasteiger partial charge is 0.253 e. The first-order valence-corrected chi connectivity index (χ1v) is 8.16. The molecule has 3 rings (SSSR count). The highest BCUT2D eigenvalue weighted by Gasteiger charge is 2.26. The zero-order valence-corrected chi connectivity index (χ0v) is 14.8. The third kappa shape index (κ3) is 3.80. The predicted octanol–water partition coefficient (Wildman–Crippen LogP) is 3.29. The third-order valence-corrected chi connectivity index (χ3v) is 4.01. The van der Waals surface area contributed by atoms with E-state index in [0.29, 0.717) is 16.4 Å². The molecule has 2 N–H and O–H groups in total. The van der Waals surface area contributed by atoms with Crippen molar-refractivity contribution in [3.05, 3.63) is 46.0 Å². The molecule has 10 heteroatoms. The van der Waals surface area contributed by atoms with E-state index in [1.807, 2.05) is 13.8 Å². The average Bonchev–Trinajstić information content (AvgIpc) is 3.23. The normalized spacial score (nSPS) is 12.4. The molecule has 3 aromatic rings. The maximum atomic E-state index is 12.5. The fourth-order valence-corrected chi connectivity index (χ4v) is 2.67. The number of benzene rings is 1. The van der Waals surface area contributed by atoms with Crippen LogP contribution in [0.15, 0.2) is 29.0 Å². The summed E-state index contributed by atoms with van der Waals surface area (Å²) < 4.78 is 5.28. The van der Waals surface area contributed by atoms with Crippen molar-refractivity contribution >= 4 is 29.1 Å². The zero-order valence-electron chi connectivity index (χ0n) is 13.3. The average molecular weight is 381 g/mol. The number of amides is 1. The molecule has 0 aliphatic carbocycles. The van der Waals surface area contributed by atoms with Gasteiger partial charge in [0.25, 0.3) is 5.91 Å². The van der Waals surface area contributed by atoms with Crippen LogP contribution in [0.3, 0.4) is 0 Å². The van der Waals surface area contributed by atoms with Gasteiger partial charge < -0.3 is 9.84 Å². The van der Waals surface area contributed by atoms with E-state index in [-0.39, 0.29) is 28.6 Å². The van der Waals surface area contributed by atoms with Crippen LogP contribution in [-0.2, 0) is 0 Å². The van der Waals surface area contributed by atoms with Gasteiger partial charge in [0.15, 0.2) is 5.82 Å². The Morgan fingerprint density at radius 1 is 1.32 bits per heavy atom. The number of hydrogen-bond donors (Lipinski definition) is 2. The maximum absolute atomic E-state index is 12.5. The van der Waals surface area contributed by atoms with Gasteiger partial charge in [-0.05, 0) is 24.1 Å². The number of carbonyl (C=O) groups is 1. The standard InChI is InChI=1S/C15H14Cl2N6O2/c1-7(2)11(15-21-13(23-25-15)12-18-6-19-22-12)20-14(24)9-4-3-8(16)5-10(9)17/h3-7,11H,1-2H3,(H,20,24)(H,18,19,22). The molecule has 0 fully saturated rings. The summed E-state index contributed by atoms with van der Waals surface area (Å²) in [4.78, 5) is 20.8. The van der Waals surface area contributed by atoms with Crippen LogP contribution in [0.1, 0.15) is 36.1 Å². The van der Waals surface area contributed by atoms with E-state index in [0.717, 1.165) is 0 Å². The van der Waals surface area contributed by atoms with Gasteiger partial charge in [0.2, 0.25) is 11.7 Å². The molecular formula is C15H14Cl2N6O2. The second kappa shape index (κ2) is 7.20. The molecule has 0 radical (unpaired) electrons. The Bertz CT molecular complexity index is 878. The second-order valence-corrected chi connectivity index (χ2v) is 6.45. The highest BCUT2D eigenvalue weighted by Crippen LogP contribution is 2.25. The van der Waals surface area contributed by atoms with Crippen molar-refractivity contribution < 1.29 is 9.32 Å². The number of halogens is 2. The van der Waals surface area contributed by atoms with E-state index in [1.165, 1.54) is 12.4 Å². The van der Waals surface area contributed by atoms with Crippen molar-refractivity contribution in [1.29, 1.82) is 0 Å². The molecule has 2 heterocycles. The van der Waals surface area contributed by atoms with Gasteiger partial charge >= 0.3 is 0 Å². The van der Waals surface area contributed by atoms with Crippen LogP contribution < -0.4 is 5.32 Å². The van der Waals surface area contributed by atoms with Crippen LogP contribution in [-0.4, -0.2) is 31.2 Å². The maximum Gasteiger partial charge on any atom is 0.253 e. The lowest BCUT2D eigenvalue weighted by molar-refractivity contribution is 0.0914. The van der Waals surface area contributed by atoms with E-state index in [4.69, 9.17) is 27.7 Å². The summed E-state index contributed by atoms with van der Waals surface area (Å²) in [6, 6.07) is 4.17. The number of nitrogens with one attached hydrogen (secondary N) is 2. The first-order valence-electron chi connectivity index (χ1n) is 7.41. The number of aromatic nitrogens is 5. The van der Waals surface area contributed by atoms with E-state index in [1.54, 1.807) is 12.1 Å². The van der Waals surface area contributed by atoms with E-state index in [2.05, 4.69) is 30.6 Å². The number of aromatic amines is 1. The van der Waals surface area contributed by atoms with Crippen molar-refractivity contribution in [2.24, 2.45) is 5.92 Å². The van der Waals surface area contributed by atoms with Gasteiger partial charge in [-0.2, -0.15) is 10.1 Å². The van der Waals surface area contributed by atoms with E-state index in [9.17, 15) is 4.79 Å². The fraction of sp³-hybridized carbons (Fsp3) is 0.267. The van der Waals surface area contributed by atoms with Gasteiger partial charge in [-0.25, -0.2) is 4.98 Å². The minimum Gasteiger partial charge on any atom is -0.340 e. The molecular weight excluding hydrogens is 367 g/mol. The lowest BCUT2D eigenvalue weighted by Crippen LogP contribution is -2.32. The van der Waals surface area contributed by atoms with Gasteiger partial charge in [0.1, 0.15) is 12.4 Å². The number of H-pyrrole nitrogens is 1. The molecule has 2 aromatic heterocycles. The highest BCUT2D eigenvalue weighted by atomic mass is 35.5.